The minimum atomic E-state index is -10.3. The molecule has 0 saturated heterocycles. The van der Waals surface area contributed by atoms with E-state index in [-0.39, 0.29) is 35.7 Å². The summed E-state index contributed by atoms with van der Waals surface area (Å²) in [7, 11) is 0. The number of nitrogens with zero attached hydrogens (tertiary/aromatic N) is 6. The molecule has 0 amide bonds. The average Bonchev–Trinajstić information content (AvgIpc) is 2.15. The fourth-order valence-electron chi connectivity index (χ4n) is 0.667. The first kappa shape index (κ1) is 23.9. The van der Waals surface area contributed by atoms with Crippen molar-refractivity contribution >= 4 is 0 Å². The van der Waals surface area contributed by atoms with Gasteiger partial charge in [-0.2, -0.15) is 0 Å². The maximum atomic E-state index is 10.5. The zero-order valence-corrected chi connectivity index (χ0v) is 13.0. The molecule has 0 unspecified atom stereocenters. The zero-order valence-electron chi connectivity index (χ0n) is 9.92. The van der Waals surface area contributed by atoms with Crippen molar-refractivity contribution in [2.75, 3.05) is 0 Å². The summed E-state index contributed by atoms with van der Waals surface area (Å²) in [6.45, 7) is 0. The standard InChI is InChI=1S/Co.6NO2.H3N.Na/c;6*2-1-3;;/h;;;;;;;1H3;/q-3;;;;;;;;+1/p+1. The molecule has 0 aromatic rings. The van der Waals surface area contributed by atoms with Crippen LogP contribution in [0.4, 0.5) is 0 Å². The van der Waals surface area contributed by atoms with Gasteiger partial charge < -0.3 is 6.15 Å². The Bertz CT molecular complexity index is 432. The number of nitro groups is 6. The van der Waals surface area contributed by atoms with Crippen molar-refractivity contribution in [2.24, 2.45) is 0 Å². The quantitative estimate of drug-likeness (QED) is 0.262. The van der Waals surface area contributed by atoms with Gasteiger partial charge in [-0.05, 0) is 0 Å². The molecule has 0 fully saturated rings. The molecule has 0 aliphatic rings. The second-order valence-corrected chi connectivity index (χ2v) is 7.58. The summed E-state index contributed by atoms with van der Waals surface area (Å²) < 4.78 is -19.6. The van der Waals surface area contributed by atoms with Crippen molar-refractivity contribution in [3.05, 3.63) is 60.7 Å². The van der Waals surface area contributed by atoms with Gasteiger partial charge in [-0.1, -0.05) is 0 Å². The fourth-order valence-corrected chi connectivity index (χ4v) is 2.75. The second-order valence-electron chi connectivity index (χ2n) is 2.18. The van der Waals surface area contributed by atoms with Crippen LogP contribution in [-0.2, 0) is 11.8 Å². The molecule has 21 heavy (non-hydrogen) atoms. The van der Waals surface area contributed by atoms with Crippen LogP contribution in [0.3, 0.4) is 0 Å². The van der Waals surface area contributed by atoms with Gasteiger partial charge in [-0.15, -0.1) is 0 Å². The zero-order chi connectivity index (χ0) is 15.9. The van der Waals surface area contributed by atoms with Crippen LogP contribution in [0, 0.1) is 60.7 Å². The van der Waals surface area contributed by atoms with E-state index in [0.717, 1.165) is 0 Å². The van der Waals surface area contributed by atoms with E-state index in [0.29, 0.717) is 0 Å². The van der Waals surface area contributed by atoms with Crippen molar-refractivity contribution < 1.29 is 65.2 Å². The first-order chi connectivity index (χ1) is 8.34. The third-order valence-electron chi connectivity index (χ3n) is 1.63. The first-order valence-corrected chi connectivity index (χ1v) is 5.88. The largest absolute Gasteiger partial charge is 1.00 e. The van der Waals surface area contributed by atoms with Crippen LogP contribution in [0.5, 0.6) is 0 Å². The van der Waals surface area contributed by atoms with E-state index in [4.69, 9.17) is 0 Å². The Morgan fingerprint density at radius 2 is 0.571 bits per heavy atom. The van der Waals surface area contributed by atoms with E-state index in [1.54, 1.807) is 0 Å². The predicted molar refractivity (Wildman–Crippen MR) is 48.0 cm³/mol. The van der Waals surface area contributed by atoms with Gasteiger partial charge in [0, 0.05) is 0 Å². The van der Waals surface area contributed by atoms with Crippen molar-refractivity contribution in [1.29, 1.82) is 0 Å². The molecule has 0 spiro atoms. The molecule has 19 nitrogen and oxygen atoms in total. The van der Waals surface area contributed by atoms with E-state index >= 15 is 0 Å². The van der Waals surface area contributed by atoms with Crippen LogP contribution < -0.4 is 35.7 Å². The van der Waals surface area contributed by atoms with Gasteiger partial charge in [-0.25, -0.2) is 0 Å². The number of rotatable bonds is 6. The number of quaternary nitrogens is 1. The van der Waals surface area contributed by atoms with Gasteiger partial charge >= 0.3 is 126 Å². The third-order valence-corrected chi connectivity index (χ3v) is 6.73. The van der Waals surface area contributed by atoms with Crippen molar-refractivity contribution in [3.63, 3.8) is 0 Å². The van der Waals surface area contributed by atoms with Crippen LogP contribution in [0.2, 0.25) is 0 Å². The minimum absolute atomic E-state index is 0. The van der Waals surface area contributed by atoms with E-state index in [1.807, 2.05) is 0 Å². The molecular formula is H4CoN7NaO12-. The monoisotopic (exact) mass is 376 g/mol. The normalized spacial score (nSPS) is 13.1. The summed E-state index contributed by atoms with van der Waals surface area (Å²) in [5.41, 5.74) is 0. The second kappa shape index (κ2) is 5.33. The predicted octanol–water partition coefficient (Wildman–Crippen LogP) is -4.26. The fraction of sp³-hybridized carbons (Fsp3) is 0. The molecule has 0 aliphatic heterocycles. The summed E-state index contributed by atoms with van der Waals surface area (Å²) >= 11 is -10.3. The SMILES string of the molecule is O=[N+]([O-])[Co-3]([N+](=O)[O-])([N+](=O)[O-])([N+](=O)[O-])([N+](=O)[O-])[N+](=O)[O-].[NH4+].[Na+]. The Morgan fingerprint density at radius 3 is 0.571 bits per heavy atom. The van der Waals surface area contributed by atoms with Gasteiger partial charge in [0.05, 0.1) is 0 Å². The van der Waals surface area contributed by atoms with Gasteiger partial charge in [0.1, 0.15) is 0 Å². The Kier molecular flexibility index (Phi) is 6.08. The third kappa shape index (κ3) is 1.34. The molecule has 0 aliphatic carbocycles. The van der Waals surface area contributed by atoms with Gasteiger partial charge in [0.2, 0.25) is 0 Å². The van der Waals surface area contributed by atoms with Crippen LogP contribution in [-0.4, -0.2) is 23.8 Å². The van der Waals surface area contributed by atoms with Gasteiger partial charge in [0.25, 0.3) is 0 Å². The molecule has 0 aromatic heterocycles. The topological polar surface area (TPSA) is 295 Å². The Balaban J connectivity index is -0.00000162. The molecule has 21 heteroatoms. The molecule has 0 aromatic carbocycles. The minimum Gasteiger partial charge on any atom is -0.369 e. The smallest absolute Gasteiger partial charge is 0.369 e. The van der Waals surface area contributed by atoms with Crippen LogP contribution in [0.1, 0.15) is 0 Å². The maximum absolute atomic E-state index is 10.5. The van der Waals surface area contributed by atoms with Crippen molar-refractivity contribution in [3.8, 4) is 0 Å². The summed E-state index contributed by atoms with van der Waals surface area (Å²) in [5.74, 6) is 0. The molecule has 0 bridgehead atoms. The maximum Gasteiger partial charge on any atom is 1.00 e. The molecule has 122 valence electrons. The summed E-state index contributed by atoms with van der Waals surface area (Å²) in [6.07, 6.45) is 0. The first-order valence-electron chi connectivity index (χ1n) is 3.09. The van der Waals surface area contributed by atoms with Gasteiger partial charge in [0.15, 0.2) is 0 Å². The molecule has 0 saturated carbocycles. The number of hydrogen-bond donors (Lipinski definition) is 1. The van der Waals surface area contributed by atoms with E-state index in [2.05, 4.69) is 0 Å². The number of hydrogen-bond acceptors (Lipinski definition) is 12. The molecular weight excluding hydrogens is 372 g/mol. The Hall–Kier alpha value is -2.13. The Labute approximate surface area is 132 Å². The molecule has 0 radical (unpaired) electrons. The summed E-state index contributed by atoms with van der Waals surface area (Å²) in [4.78, 5) is 63.2. The molecule has 0 atom stereocenters. The van der Waals surface area contributed by atoms with E-state index in [9.17, 15) is 60.7 Å². The van der Waals surface area contributed by atoms with Crippen LogP contribution in [0.15, 0.2) is 0 Å². The molecule has 0 heterocycles. The molecule has 4 N–H and O–H groups in total. The van der Waals surface area contributed by atoms with E-state index in [1.165, 1.54) is 0 Å². The summed E-state index contributed by atoms with van der Waals surface area (Å²) in [5, 5.41) is 63.2. The average molecular weight is 376 g/mol. The molecule has 0 rings (SSSR count). The van der Waals surface area contributed by atoms with Gasteiger partial charge in [-0.3, -0.25) is 0 Å². The summed E-state index contributed by atoms with van der Waals surface area (Å²) in [6, 6.07) is 0. The van der Waals surface area contributed by atoms with Crippen molar-refractivity contribution in [2.45, 2.75) is 0 Å². The van der Waals surface area contributed by atoms with E-state index < -0.39 is 35.7 Å². The van der Waals surface area contributed by atoms with Crippen molar-refractivity contribution in [1.82, 2.24) is 6.15 Å². The van der Waals surface area contributed by atoms with Crippen LogP contribution >= 0.6 is 0 Å². The Morgan fingerprint density at radius 1 is 0.476 bits per heavy atom. The van der Waals surface area contributed by atoms with Crippen LogP contribution in [0.25, 0.3) is 0 Å².